The van der Waals surface area contributed by atoms with Gasteiger partial charge >= 0.3 is 12.4 Å². The van der Waals surface area contributed by atoms with Gasteiger partial charge in [-0.1, -0.05) is 12.5 Å². The highest BCUT2D eigenvalue weighted by Gasteiger charge is 2.47. The second kappa shape index (κ2) is 11.8. The summed E-state index contributed by atoms with van der Waals surface area (Å²) in [5, 5.41) is 10.8. The van der Waals surface area contributed by atoms with Crippen LogP contribution in [0.2, 0.25) is 0 Å². The third kappa shape index (κ3) is 5.23. The van der Waals surface area contributed by atoms with Crippen molar-refractivity contribution in [3.63, 3.8) is 0 Å². The number of carbonyl (C=O) groups is 3. The molecular formula is C40H22F6O5S4. The van der Waals surface area contributed by atoms with Gasteiger partial charge in [-0.15, -0.1) is 45.3 Å². The molecule has 2 aromatic carbocycles. The maximum atomic E-state index is 13.6. The van der Waals surface area contributed by atoms with Gasteiger partial charge in [-0.3, -0.25) is 14.4 Å². The van der Waals surface area contributed by atoms with Gasteiger partial charge in [0.15, 0.2) is 11.5 Å². The minimum Gasteiger partial charge on any atom is -0.479 e. The molecule has 4 aromatic heterocycles. The number of allylic oxidation sites excluding steroid dienone is 1. The van der Waals surface area contributed by atoms with E-state index in [2.05, 4.69) is 0 Å². The number of alkyl halides is 6. The molecule has 1 N–H and O–H groups in total. The Kier molecular flexibility index (Phi) is 7.52. The first-order chi connectivity index (χ1) is 26.1. The molecule has 0 radical (unpaired) electrons. The average Bonchev–Trinajstić information content (AvgIpc) is 3.96. The summed E-state index contributed by atoms with van der Waals surface area (Å²) in [5.74, 6) is -1.61. The van der Waals surface area contributed by atoms with Gasteiger partial charge in [0.25, 0.3) is 0 Å². The Morgan fingerprint density at radius 1 is 0.673 bits per heavy atom. The van der Waals surface area contributed by atoms with E-state index in [-0.39, 0.29) is 33.4 Å². The van der Waals surface area contributed by atoms with E-state index in [9.17, 15) is 45.8 Å². The number of hydrogen-bond acceptors (Lipinski definition) is 9. The molecule has 5 nitrogen and oxygen atoms in total. The monoisotopic (exact) mass is 824 g/mol. The molecule has 0 amide bonds. The molecule has 1 spiro atoms. The fourth-order valence-electron chi connectivity index (χ4n) is 8.19. The minimum absolute atomic E-state index is 0.0293. The summed E-state index contributed by atoms with van der Waals surface area (Å²) in [5.41, 5.74) is -1.41. The smallest absolute Gasteiger partial charge is 0.416 e. The zero-order valence-electron chi connectivity index (χ0n) is 27.9. The highest BCUT2D eigenvalue weighted by atomic mass is 32.1. The number of aliphatic hydroxyl groups excluding tert-OH is 1. The SMILES string of the molecule is O=C1C(=O)c2ccc(C(F)(F)F)cc2/C1=C/c1cc2sc3c(c2s1)C1(CCCCC1)Oc1c-3sc2cc(/C=C3/c4cc(C(F)(F)F)ccc4C(=O)C3O)sc12. The van der Waals surface area contributed by atoms with Gasteiger partial charge in [-0.2, -0.15) is 26.3 Å². The van der Waals surface area contributed by atoms with Crippen LogP contribution in [0.3, 0.4) is 0 Å². The first-order valence-corrected chi connectivity index (χ1v) is 20.4. The maximum Gasteiger partial charge on any atom is 0.416 e. The van der Waals surface area contributed by atoms with E-state index in [1.54, 1.807) is 17.4 Å². The summed E-state index contributed by atoms with van der Waals surface area (Å²) in [6.45, 7) is 0. The summed E-state index contributed by atoms with van der Waals surface area (Å²) in [7, 11) is 0. The lowest BCUT2D eigenvalue weighted by Gasteiger charge is -2.40. The lowest BCUT2D eigenvalue weighted by atomic mass is 9.78. The third-order valence-electron chi connectivity index (χ3n) is 10.7. The zero-order valence-corrected chi connectivity index (χ0v) is 31.1. The molecule has 55 heavy (non-hydrogen) atoms. The number of thiophene rings is 4. The molecule has 1 unspecified atom stereocenters. The Hall–Kier alpha value is -4.41. The van der Waals surface area contributed by atoms with Crippen molar-refractivity contribution in [3.05, 3.63) is 97.2 Å². The Labute approximate surface area is 322 Å². The Bertz CT molecular complexity index is 2780. The van der Waals surface area contributed by atoms with Crippen molar-refractivity contribution in [2.45, 2.75) is 56.2 Å². The van der Waals surface area contributed by atoms with Crippen LogP contribution < -0.4 is 4.74 Å². The molecule has 3 aliphatic carbocycles. The van der Waals surface area contributed by atoms with Crippen LogP contribution in [0.15, 0.2) is 48.5 Å². The number of benzene rings is 2. The highest BCUT2D eigenvalue weighted by Crippen LogP contribution is 2.63. The van der Waals surface area contributed by atoms with Gasteiger partial charge in [0.2, 0.25) is 11.6 Å². The van der Waals surface area contributed by atoms with Gasteiger partial charge in [-0.05, 0) is 97.0 Å². The van der Waals surface area contributed by atoms with Gasteiger partial charge < -0.3 is 9.84 Å². The molecule has 4 aliphatic rings. The topological polar surface area (TPSA) is 80.7 Å². The molecular weight excluding hydrogens is 803 g/mol. The Balaban J connectivity index is 1.07. The van der Waals surface area contributed by atoms with Crippen LogP contribution in [0.4, 0.5) is 26.3 Å². The van der Waals surface area contributed by atoms with E-state index in [1.807, 2.05) is 12.1 Å². The van der Waals surface area contributed by atoms with Crippen LogP contribution in [-0.4, -0.2) is 28.6 Å². The summed E-state index contributed by atoms with van der Waals surface area (Å²) < 4.78 is 92.0. The summed E-state index contributed by atoms with van der Waals surface area (Å²) in [6, 6.07) is 9.36. The number of Topliss-reactive ketones (excluding diaryl/α,β-unsaturated/α-hetero) is 3. The first kappa shape index (κ1) is 35.0. The maximum absolute atomic E-state index is 13.6. The molecule has 1 saturated carbocycles. The van der Waals surface area contributed by atoms with E-state index in [4.69, 9.17) is 4.74 Å². The third-order valence-corrected chi connectivity index (χ3v) is 15.6. The van der Waals surface area contributed by atoms with E-state index in [1.165, 1.54) is 40.1 Å². The molecule has 15 heteroatoms. The fourth-order valence-corrected chi connectivity index (χ4v) is 13.5. The second-order valence-corrected chi connectivity index (χ2v) is 18.3. The van der Waals surface area contributed by atoms with Crippen LogP contribution >= 0.6 is 45.3 Å². The second-order valence-electron chi connectivity index (χ2n) is 14.0. The molecule has 278 valence electrons. The quantitative estimate of drug-likeness (QED) is 0.107. The number of rotatable bonds is 2. The Morgan fingerprint density at radius 2 is 1.27 bits per heavy atom. The normalized spacial score (nSPS) is 20.6. The van der Waals surface area contributed by atoms with Crippen molar-refractivity contribution in [1.29, 1.82) is 0 Å². The predicted octanol–water partition coefficient (Wildman–Crippen LogP) is 11.9. The van der Waals surface area contributed by atoms with E-state index >= 15 is 0 Å². The van der Waals surface area contributed by atoms with Gasteiger partial charge in [-0.25, -0.2) is 0 Å². The average molecular weight is 825 g/mol. The van der Waals surface area contributed by atoms with Crippen LogP contribution in [0, 0.1) is 0 Å². The predicted molar refractivity (Wildman–Crippen MR) is 202 cm³/mol. The van der Waals surface area contributed by atoms with E-state index < -0.39 is 52.5 Å². The van der Waals surface area contributed by atoms with Crippen molar-refractivity contribution < 1.29 is 50.6 Å². The number of hydrogen-bond donors (Lipinski definition) is 1. The van der Waals surface area contributed by atoms with E-state index in [0.29, 0.717) is 9.75 Å². The fraction of sp³-hybridized carbons (Fsp3) is 0.225. The number of ether oxygens (including phenoxy) is 1. The standard InChI is InChI=1S/C40H22F6O5S4/c41-39(42,43)16-4-6-20-22(10-16)24(31(49)29(20)47)12-18-14-26-34(52-18)28-36(54-26)37-33(51-38(28)8-2-1-3-9-38)35-27(55-37)15-19(53-35)13-25-23-11-17(40(44,45)46)5-7-21(23)30(48)32(25)50/h4-7,10-15,32,50H,1-3,8-9H2/b24-12-,25-13-. The lowest BCUT2D eigenvalue weighted by Crippen LogP contribution is -2.37. The first-order valence-electron chi connectivity index (χ1n) is 17.1. The summed E-state index contributed by atoms with van der Waals surface area (Å²) in [6.07, 6.45) is -3.41. The van der Waals surface area contributed by atoms with Crippen molar-refractivity contribution in [2.24, 2.45) is 0 Å². The van der Waals surface area contributed by atoms with Crippen LogP contribution in [0.25, 0.3) is 51.9 Å². The molecule has 0 saturated heterocycles. The molecule has 6 aromatic rings. The number of carbonyl (C=O) groups excluding carboxylic acids is 3. The molecule has 0 bridgehead atoms. The molecule has 1 aliphatic heterocycles. The largest absolute Gasteiger partial charge is 0.479 e. The number of fused-ring (bicyclic) bond motifs is 10. The molecule has 1 atom stereocenters. The number of aliphatic hydroxyl groups is 1. The van der Waals surface area contributed by atoms with Gasteiger partial charge in [0.05, 0.1) is 35.0 Å². The van der Waals surface area contributed by atoms with Crippen LogP contribution in [0.5, 0.6) is 5.75 Å². The van der Waals surface area contributed by atoms with Crippen molar-refractivity contribution in [1.82, 2.24) is 0 Å². The minimum atomic E-state index is -4.64. The molecule has 5 heterocycles. The Morgan fingerprint density at radius 3 is 1.96 bits per heavy atom. The number of halogens is 6. The summed E-state index contributed by atoms with van der Waals surface area (Å²) in [4.78, 5) is 41.8. The lowest BCUT2D eigenvalue weighted by molar-refractivity contribution is -0.138. The highest BCUT2D eigenvalue weighted by molar-refractivity contribution is 7.35. The van der Waals surface area contributed by atoms with Crippen molar-refractivity contribution in [3.8, 4) is 15.5 Å². The van der Waals surface area contributed by atoms with Gasteiger partial charge in [0, 0.05) is 36.7 Å². The summed E-state index contributed by atoms with van der Waals surface area (Å²) >= 11 is 5.86. The molecule has 10 rings (SSSR count). The van der Waals surface area contributed by atoms with Crippen molar-refractivity contribution >= 4 is 105 Å². The molecule has 1 fully saturated rings. The number of ketones is 3. The van der Waals surface area contributed by atoms with Crippen LogP contribution in [-0.2, 0) is 22.7 Å². The van der Waals surface area contributed by atoms with Gasteiger partial charge in [0.1, 0.15) is 11.7 Å². The van der Waals surface area contributed by atoms with Crippen molar-refractivity contribution in [2.75, 3.05) is 0 Å². The zero-order chi connectivity index (χ0) is 38.3. The van der Waals surface area contributed by atoms with Crippen LogP contribution in [0.1, 0.15) is 90.4 Å². The van der Waals surface area contributed by atoms with E-state index in [0.717, 1.165) is 108 Å².